The molecule has 5 heteroatoms. The Morgan fingerprint density at radius 3 is 2.57 bits per heavy atom. The lowest BCUT2D eigenvalue weighted by Gasteiger charge is -2.28. The molecule has 116 valence electrons. The third-order valence-corrected chi connectivity index (χ3v) is 3.33. The summed E-state index contributed by atoms with van der Waals surface area (Å²) in [4.78, 5) is 14.3. The molecule has 0 radical (unpaired) electrons. The summed E-state index contributed by atoms with van der Waals surface area (Å²) in [5.41, 5.74) is 0.548. The van der Waals surface area contributed by atoms with Crippen LogP contribution in [-0.4, -0.2) is 56.4 Å². The molecule has 0 N–H and O–H groups in total. The molecule has 0 amide bonds. The number of morpholine rings is 1. The van der Waals surface area contributed by atoms with Crippen LogP contribution in [0.25, 0.3) is 0 Å². The van der Waals surface area contributed by atoms with Gasteiger partial charge in [-0.1, -0.05) is 0 Å². The maximum atomic E-state index is 12.1. The van der Waals surface area contributed by atoms with E-state index in [4.69, 9.17) is 14.2 Å². The number of hydrogen-bond donors (Lipinski definition) is 0. The number of rotatable bonds is 6. The molecule has 1 fully saturated rings. The largest absolute Gasteiger partial charge is 0.494 e. The van der Waals surface area contributed by atoms with E-state index in [2.05, 4.69) is 4.90 Å². The fourth-order valence-corrected chi connectivity index (χ4v) is 2.29. The summed E-state index contributed by atoms with van der Waals surface area (Å²) in [6, 6.07) is 7.03. The lowest BCUT2D eigenvalue weighted by Crippen LogP contribution is -2.41. The molecular formula is C16H23NO4. The molecule has 1 aliphatic heterocycles. The summed E-state index contributed by atoms with van der Waals surface area (Å²) in [6.07, 6.45) is -0.137. The fraction of sp³-hybridized carbons (Fsp3) is 0.562. The van der Waals surface area contributed by atoms with Crippen molar-refractivity contribution in [1.82, 2.24) is 4.90 Å². The Kier molecular flexibility index (Phi) is 6.02. The molecular weight excluding hydrogens is 270 g/mol. The summed E-state index contributed by atoms with van der Waals surface area (Å²) in [6.45, 7) is 8.49. The average molecular weight is 293 g/mol. The smallest absolute Gasteiger partial charge is 0.338 e. The van der Waals surface area contributed by atoms with E-state index in [-0.39, 0.29) is 12.1 Å². The normalized spacial score (nSPS) is 17.2. The zero-order valence-corrected chi connectivity index (χ0v) is 12.7. The van der Waals surface area contributed by atoms with Crippen LogP contribution >= 0.6 is 0 Å². The monoisotopic (exact) mass is 293 g/mol. The Labute approximate surface area is 125 Å². The highest BCUT2D eigenvalue weighted by Gasteiger charge is 2.17. The van der Waals surface area contributed by atoms with Crippen molar-refractivity contribution in [3.63, 3.8) is 0 Å². The molecule has 1 aromatic rings. The van der Waals surface area contributed by atoms with Gasteiger partial charge < -0.3 is 14.2 Å². The fourth-order valence-electron chi connectivity index (χ4n) is 2.29. The molecule has 5 nitrogen and oxygen atoms in total. The van der Waals surface area contributed by atoms with Gasteiger partial charge >= 0.3 is 5.97 Å². The predicted molar refractivity (Wildman–Crippen MR) is 79.7 cm³/mol. The van der Waals surface area contributed by atoms with Gasteiger partial charge in [0.25, 0.3) is 0 Å². The number of carbonyl (C=O) groups excluding carboxylic acids is 1. The molecule has 0 saturated carbocycles. The van der Waals surface area contributed by atoms with Crippen LogP contribution < -0.4 is 4.74 Å². The minimum absolute atomic E-state index is 0.137. The Morgan fingerprint density at radius 2 is 1.95 bits per heavy atom. The van der Waals surface area contributed by atoms with Crippen LogP contribution in [0.5, 0.6) is 5.75 Å². The Morgan fingerprint density at radius 1 is 1.29 bits per heavy atom. The van der Waals surface area contributed by atoms with Crippen molar-refractivity contribution in [1.29, 1.82) is 0 Å². The van der Waals surface area contributed by atoms with Crippen molar-refractivity contribution in [3.8, 4) is 5.75 Å². The van der Waals surface area contributed by atoms with Crippen molar-refractivity contribution < 1.29 is 19.0 Å². The van der Waals surface area contributed by atoms with E-state index in [0.29, 0.717) is 12.2 Å². The van der Waals surface area contributed by atoms with Gasteiger partial charge in [-0.15, -0.1) is 0 Å². The molecule has 0 unspecified atom stereocenters. The van der Waals surface area contributed by atoms with Crippen molar-refractivity contribution in [2.75, 3.05) is 39.5 Å². The topological polar surface area (TPSA) is 48.0 Å². The summed E-state index contributed by atoms with van der Waals surface area (Å²) in [5.74, 6) is 0.467. The molecule has 0 spiro atoms. The summed E-state index contributed by atoms with van der Waals surface area (Å²) in [7, 11) is 0. The van der Waals surface area contributed by atoms with E-state index < -0.39 is 0 Å². The van der Waals surface area contributed by atoms with Crippen molar-refractivity contribution in [3.05, 3.63) is 29.8 Å². The maximum Gasteiger partial charge on any atom is 0.338 e. The maximum absolute atomic E-state index is 12.1. The minimum atomic E-state index is -0.293. The van der Waals surface area contributed by atoms with Gasteiger partial charge in [0.1, 0.15) is 11.9 Å². The molecule has 1 atom stereocenters. The van der Waals surface area contributed by atoms with Crippen molar-refractivity contribution >= 4 is 5.97 Å². The number of hydrogen-bond acceptors (Lipinski definition) is 5. The Balaban J connectivity index is 1.82. The molecule has 2 rings (SSSR count). The van der Waals surface area contributed by atoms with Gasteiger partial charge in [0.15, 0.2) is 0 Å². The highest BCUT2D eigenvalue weighted by atomic mass is 16.5. The lowest BCUT2D eigenvalue weighted by atomic mass is 10.2. The molecule has 21 heavy (non-hydrogen) atoms. The second-order valence-electron chi connectivity index (χ2n) is 5.09. The van der Waals surface area contributed by atoms with Gasteiger partial charge in [0, 0.05) is 19.6 Å². The Bertz CT molecular complexity index is 440. The first kappa shape index (κ1) is 15.8. The predicted octanol–water partition coefficient (Wildman–Crippen LogP) is 1.96. The number of carbonyl (C=O) groups is 1. The first-order valence-corrected chi connectivity index (χ1v) is 7.43. The highest BCUT2D eigenvalue weighted by molar-refractivity contribution is 5.89. The van der Waals surface area contributed by atoms with Crippen LogP contribution in [0.15, 0.2) is 24.3 Å². The van der Waals surface area contributed by atoms with Crippen LogP contribution in [0, 0.1) is 0 Å². The first-order chi connectivity index (χ1) is 10.2. The first-order valence-electron chi connectivity index (χ1n) is 7.43. The zero-order valence-electron chi connectivity index (χ0n) is 12.7. The van der Waals surface area contributed by atoms with Crippen LogP contribution in [0.4, 0.5) is 0 Å². The SMILES string of the molecule is CCOc1ccc(C(=O)O[C@H](C)CN2CCOCC2)cc1. The zero-order chi connectivity index (χ0) is 15.1. The van der Waals surface area contributed by atoms with Crippen LogP contribution in [0.2, 0.25) is 0 Å². The van der Waals surface area contributed by atoms with Gasteiger partial charge in [0.05, 0.1) is 25.4 Å². The second-order valence-corrected chi connectivity index (χ2v) is 5.09. The summed E-state index contributed by atoms with van der Waals surface area (Å²) >= 11 is 0. The average Bonchev–Trinajstić information content (AvgIpc) is 2.49. The molecule has 0 bridgehead atoms. The molecule has 1 heterocycles. The molecule has 1 aliphatic rings. The Hall–Kier alpha value is -1.59. The van der Waals surface area contributed by atoms with Gasteiger partial charge in [-0.05, 0) is 38.1 Å². The van der Waals surface area contributed by atoms with Gasteiger partial charge in [-0.3, -0.25) is 4.90 Å². The van der Waals surface area contributed by atoms with Crippen LogP contribution in [0.1, 0.15) is 24.2 Å². The number of benzene rings is 1. The van der Waals surface area contributed by atoms with Crippen LogP contribution in [0.3, 0.4) is 0 Å². The molecule has 0 aromatic heterocycles. The standard InChI is InChI=1S/C16H23NO4/c1-3-20-15-6-4-14(5-7-15)16(18)21-13(2)12-17-8-10-19-11-9-17/h4-7,13H,3,8-12H2,1-2H3/t13-/m1/s1. The number of ether oxygens (including phenoxy) is 3. The van der Waals surface area contributed by atoms with E-state index >= 15 is 0 Å². The van der Waals surface area contributed by atoms with E-state index in [1.807, 2.05) is 13.8 Å². The third-order valence-electron chi connectivity index (χ3n) is 3.33. The van der Waals surface area contributed by atoms with Gasteiger partial charge in [-0.2, -0.15) is 0 Å². The quantitative estimate of drug-likeness (QED) is 0.750. The van der Waals surface area contributed by atoms with E-state index in [0.717, 1.165) is 38.6 Å². The van der Waals surface area contributed by atoms with Crippen LogP contribution in [-0.2, 0) is 9.47 Å². The molecule has 1 aromatic carbocycles. The van der Waals surface area contributed by atoms with Crippen molar-refractivity contribution in [2.45, 2.75) is 20.0 Å². The van der Waals surface area contributed by atoms with Crippen molar-refractivity contribution in [2.24, 2.45) is 0 Å². The number of nitrogens with zero attached hydrogens (tertiary/aromatic N) is 1. The minimum Gasteiger partial charge on any atom is -0.494 e. The number of esters is 1. The molecule has 0 aliphatic carbocycles. The van der Waals surface area contributed by atoms with Gasteiger partial charge in [-0.25, -0.2) is 4.79 Å². The highest BCUT2D eigenvalue weighted by Crippen LogP contribution is 2.13. The summed E-state index contributed by atoms with van der Waals surface area (Å²) < 4.78 is 16.1. The van der Waals surface area contributed by atoms with E-state index in [1.54, 1.807) is 24.3 Å². The molecule has 1 saturated heterocycles. The van der Waals surface area contributed by atoms with E-state index in [1.165, 1.54) is 0 Å². The third kappa shape index (κ3) is 5.02. The lowest BCUT2D eigenvalue weighted by molar-refractivity contribution is 0.000447. The van der Waals surface area contributed by atoms with E-state index in [9.17, 15) is 4.79 Å². The van der Waals surface area contributed by atoms with Gasteiger partial charge in [0.2, 0.25) is 0 Å². The summed E-state index contributed by atoms with van der Waals surface area (Å²) in [5, 5.41) is 0. The second kappa shape index (κ2) is 8.00.